The third-order valence-electron chi connectivity index (χ3n) is 2.50. The Hall–Kier alpha value is -0.574. The average Bonchev–Trinajstić information content (AvgIpc) is 2.26. The number of rotatable bonds is 0. The Morgan fingerprint density at radius 1 is 0.688 bits per heavy atom. The molecule has 3 rings (SSSR count). The van der Waals surface area contributed by atoms with E-state index in [2.05, 4.69) is 48.5 Å². The van der Waals surface area contributed by atoms with E-state index in [-0.39, 0.29) is 40.0 Å². The van der Waals surface area contributed by atoms with Crippen molar-refractivity contribution in [1.82, 2.24) is 0 Å². The second kappa shape index (κ2) is 5.66. The molecule has 0 aliphatic rings. The second-order valence-electron chi connectivity index (χ2n) is 3.44. The van der Waals surface area contributed by atoms with Crippen molar-refractivity contribution in [1.29, 1.82) is 0 Å². The molecule has 0 atom stereocenters. The molecule has 0 aromatic heterocycles. The van der Waals surface area contributed by atoms with E-state index in [0.717, 1.165) is 0 Å². The molecule has 0 saturated carbocycles. The van der Waals surface area contributed by atoms with Crippen LogP contribution in [-0.2, 0) is 0 Å². The number of hydrogen-bond donors (Lipinski definition) is 0. The van der Waals surface area contributed by atoms with Crippen LogP contribution in [0.2, 0.25) is 0 Å². The molecule has 0 nitrogen and oxygen atoms in total. The first-order chi connectivity index (χ1) is 6.93. The molecule has 0 amide bonds. The second-order valence-corrected chi connectivity index (χ2v) is 3.44. The molecule has 0 heterocycles. The number of benzene rings is 3. The maximum absolute atomic E-state index is 3.41. The maximum Gasteiger partial charge on any atom is 2.00 e. The molecule has 74 valence electrons. The summed E-state index contributed by atoms with van der Waals surface area (Å²) in [7, 11) is 0. The molecule has 0 aliphatic carbocycles. The minimum Gasteiger partial charge on any atom is -1.00 e. The van der Waals surface area contributed by atoms with E-state index in [1.165, 1.54) is 21.5 Å². The van der Waals surface area contributed by atoms with Crippen LogP contribution < -0.4 is 17.0 Å². The third kappa shape index (κ3) is 2.39. The Balaban J connectivity index is 0.000000640. The normalized spacial score (nSPS) is 9.50. The van der Waals surface area contributed by atoms with Gasteiger partial charge in [0.25, 0.3) is 0 Å². The fraction of sp³-hybridized carbons (Fsp3) is 0. The van der Waals surface area contributed by atoms with Gasteiger partial charge in [0.15, 0.2) is 0 Å². The molecule has 0 spiro atoms. The van der Waals surface area contributed by atoms with Gasteiger partial charge in [0.1, 0.15) is 0 Å². The van der Waals surface area contributed by atoms with E-state index in [0.29, 0.717) is 0 Å². The van der Waals surface area contributed by atoms with Gasteiger partial charge in [0.05, 0.1) is 0 Å². The molecular weight excluding hydrogens is 272 g/mol. The first-order valence-corrected chi connectivity index (χ1v) is 4.73. The van der Waals surface area contributed by atoms with Crippen molar-refractivity contribution in [3.05, 3.63) is 60.7 Å². The fourth-order valence-corrected chi connectivity index (χ4v) is 1.79. The van der Waals surface area contributed by atoms with Gasteiger partial charge in [-0.05, 0) is 0 Å². The van der Waals surface area contributed by atoms with Crippen LogP contribution in [0.1, 0.15) is 0 Å². The molecule has 0 unspecified atom stereocenters. The third-order valence-corrected chi connectivity index (χ3v) is 2.50. The van der Waals surface area contributed by atoms with Crippen LogP contribution in [0, 0.1) is 6.07 Å². The van der Waals surface area contributed by atoms with E-state index in [9.17, 15) is 0 Å². The van der Waals surface area contributed by atoms with Crippen molar-refractivity contribution in [2.75, 3.05) is 0 Å². The summed E-state index contributed by atoms with van der Waals surface area (Å²) in [4.78, 5) is 0. The van der Waals surface area contributed by atoms with Crippen molar-refractivity contribution in [2.24, 2.45) is 0 Å². The predicted molar refractivity (Wildman–Crippen MR) is 66.0 cm³/mol. The molecule has 0 fully saturated rings. The summed E-state index contributed by atoms with van der Waals surface area (Å²) in [5.74, 6) is 0. The van der Waals surface area contributed by atoms with Gasteiger partial charge in [-0.25, -0.2) is 0 Å². The smallest absolute Gasteiger partial charge is 1.00 e. The molecule has 0 radical (unpaired) electrons. The summed E-state index contributed by atoms with van der Waals surface area (Å²) < 4.78 is 0. The van der Waals surface area contributed by atoms with Gasteiger partial charge >= 0.3 is 23.1 Å². The van der Waals surface area contributed by atoms with Gasteiger partial charge in [0, 0.05) is 0 Å². The molecule has 16 heavy (non-hydrogen) atoms. The zero-order valence-corrected chi connectivity index (χ0v) is 11.8. The number of halogens is 1. The zero-order valence-electron chi connectivity index (χ0n) is 8.78. The predicted octanol–water partition coefficient (Wildman–Crippen LogP) is 0.416. The van der Waals surface area contributed by atoms with Crippen LogP contribution in [0.4, 0.5) is 0 Å². The van der Waals surface area contributed by atoms with Crippen LogP contribution in [0.3, 0.4) is 0 Å². The van der Waals surface area contributed by atoms with Crippen LogP contribution in [0.15, 0.2) is 54.6 Å². The Bertz CT molecular complexity index is 499. The Morgan fingerprint density at radius 3 is 1.62 bits per heavy atom. The monoisotopic (exact) mass is 280 g/mol. The van der Waals surface area contributed by atoms with Crippen LogP contribution >= 0.6 is 0 Å². The standard InChI is InChI=1S/C14H9.BrH.Mg/c1-2-6-12-10-14-8-4-3-7-13(14)9-11(12)5-1;;/h1-9H;1H;/q-1;;+2/p-1. The quantitative estimate of drug-likeness (QED) is 0.318. The molecule has 0 aliphatic heterocycles. The largest absolute Gasteiger partial charge is 2.00 e. The van der Waals surface area contributed by atoms with Crippen LogP contribution in [0.5, 0.6) is 0 Å². The molecule has 0 saturated heterocycles. The van der Waals surface area contributed by atoms with Crippen LogP contribution in [-0.4, -0.2) is 23.1 Å². The summed E-state index contributed by atoms with van der Waals surface area (Å²) in [5.41, 5.74) is 0. The number of hydrogen-bond acceptors (Lipinski definition) is 0. The van der Waals surface area contributed by atoms with Gasteiger partial charge < -0.3 is 17.0 Å². The summed E-state index contributed by atoms with van der Waals surface area (Å²) in [6.07, 6.45) is 0. The van der Waals surface area contributed by atoms with Gasteiger partial charge in [-0.2, -0.15) is 0 Å². The summed E-state index contributed by atoms with van der Waals surface area (Å²) in [6.45, 7) is 0. The topological polar surface area (TPSA) is 0 Å². The van der Waals surface area contributed by atoms with E-state index < -0.39 is 0 Å². The Labute approximate surface area is 122 Å². The van der Waals surface area contributed by atoms with Crippen molar-refractivity contribution in [3.8, 4) is 0 Å². The number of fused-ring (bicyclic) bond motifs is 2. The fourth-order valence-electron chi connectivity index (χ4n) is 1.79. The summed E-state index contributed by atoms with van der Waals surface area (Å²) in [6, 6.07) is 22.3. The van der Waals surface area contributed by atoms with Crippen molar-refractivity contribution >= 4 is 44.6 Å². The zero-order chi connectivity index (χ0) is 9.38. The van der Waals surface area contributed by atoms with Gasteiger partial charge in [-0.3, -0.25) is 0 Å². The minimum atomic E-state index is 0. The van der Waals surface area contributed by atoms with E-state index in [1.807, 2.05) is 12.1 Å². The first-order valence-electron chi connectivity index (χ1n) is 4.73. The Morgan fingerprint density at radius 2 is 1.12 bits per heavy atom. The van der Waals surface area contributed by atoms with Gasteiger partial charge in [-0.15, -0.1) is 35.0 Å². The van der Waals surface area contributed by atoms with Gasteiger partial charge in [0.2, 0.25) is 0 Å². The SMILES string of the molecule is [Br-].[Mg+2].[c-]1c2ccccc2cc2ccccc12. The van der Waals surface area contributed by atoms with E-state index in [1.54, 1.807) is 0 Å². The molecule has 3 aromatic carbocycles. The first kappa shape index (κ1) is 13.5. The molecular formula is C14H9BrMg. The molecule has 0 N–H and O–H groups in total. The van der Waals surface area contributed by atoms with E-state index >= 15 is 0 Å². The van der Waals surface area contributed by atoms with Crippen molar-refractivity contribution < 1.29 is 17.0 Å². The van der Waals surface area contributed by atoms with Crippen LogP contribution in [0.25, 0.3) is 21.5 Å². The Kier molecular flexibility index (Phi) is 4.78. The molecule has 0 bridgehead atoms. The van der Waals surface area contributed by atoms with Crippen molar-refractivity contribution in [2.45, 2.75) is 0 Å². The van der Waals surface area contributed by atoms with Gasteiger partial charge in [-0.1, -0.05) is 47.2 Å². The average molecular weight is 281 g/mol. The maximum atomic E-state index is 3.41. The summed E-state index contributed by atoms with van der Waals surface area (Å²) in [5, 5.41) is 4.88. The summed E-state index contributed by atoms with van der Waals surface area (Å²) >= 11 is 0. The molecule has 2 heteroatoms. The minimum absolute atomic E-state index is 0. The van der Waals surface area contributed by atoms with Crippen molar-refractivity contribution in [3.63, 3.8) is 0 Å². The molecule has 3 aromatic rings. The van der Waals surface area contributed by atoms with E-state index in [4.69, 9.17) is 0 Å².